The van der Waals surface area contributed by atoms with Gasteiger partial charge in [0.15, 0.2) is 46.0 Å². The van der Waals surface area contributed by atoms with E-state index in [0.29, 0.717) is 82.7 Å². The molecule has 2 saturated heterocycles. The molecule has 6 rings (SSSR count). The van der Waals surface area contributed by atoms with Crippen LogP contribution in [0.25, 0.3) is 0 Å². The van der Waals surface area contributed by atoms with Gasteiger partial charge in [-0.05, 0) is 109 Å². The smallest absolute Gasteiger partial charge is 0.333 e. The molecule has 2 fully saturated rings. The fourth-order valence-electron chi connectivity index (χ4n) is 8.57. The monoisotopic (exact) mass is 918 g/mol. The maximum atomic E-state index is 12.5. The van der Waals surface area contributed by atoms with E-state index < -0.39 is 0 Å². The van der Waals surface area contributed by atoms with Crippen LogP contribution >= 0.6 is 0 Å². The van der Waals surface area contributed by atoms with Crippen LogP contribution in [0.2, 0.25) is 0 Å². The third kappa shape index (κ3) is 11.7. The van der Waals surface area contributed by atoms with Crippen LogP contribution < -0.4 is 47.4 Å². The topological polar surface area (TPSA) is 157 Å². The highest BCUT2D eigenvalue weighted by Crippen LogP contribution is 2.48. The minimum atomic E-state index is -0.335. The normalized spacial score (nSPS) is 20.0. The average Bonchev–Trinajstić information content (AvgIpc) is 3.96. The van der Waals surface area contributed by atoms with E-state index in [9.17, 15) is 9.90 Å². The van der Waals surface area contributed by atoms with Crippen molar-refractivity contribution in [2.75, 3.05) is 97.5 Å². The molecule has 1 N–H and O–H groups in total. The van der Waals surface area contributed by atoms with E-state index in [1.165, 1.54) is 0 Å². The summed E-state index contributed by atoms with van der Waals surface area (Å²) in [5, 5.41) is 10.2. The van der Waals surface area contributed by atoms with Crippen molar-refractivity contribution in [3.63, 3.8) is 0 Å². The van der Waals surface area contributed by atoms with Crippen LogP contribution in [0, 0.1) is 23.7 Å². The molecule has 0 saturated carbocycles. The van der Waals surface area contributed by atoms with Gasteiger partial charge < -0.3 is 66.7 Å². The van der Waals surface area contributed by atoms with Crippen LogP contribution in [0.5, 0.6) is 57.5 Å². The number of esters is 1. The SMILES string of the molecule is C/C=C(\C)C(=O)OC[C@H]1[C@@H](Cc2ccc(OC)c(OC)c2)CO[C@@H]1c1cc(OC)c(OC)c(OC)c1.COc1ccc(C[C@H]2CO[C@H](c3cc(OC)c(OC)c(OC)c3)[C@H]2CO)cc1OC. The highest BCUT2D eigenvalue weighted by molar-refractivity contribution is 5.87. The second-order valence-corrected chi connectivity index (χ2v) is 15.8. The fraction of sp³-hybridized carbons (Fsp3) is 0.471. The molecule has 0 unspecified atom stereocenters. The van der Waals surface area contributed by atoms with Crippen molar-refractivity contribution in [2.45, 2.75) is 38.9 Å². The molecule has 4 aromatic carbocycles. The highest BCUT2D eigenvalue weighted by atomic mass is 16.6. The first-order valence-corrected chi connectivity index (χ1v) is 21.7. The lowest BCUT2D eigenvalue weighted by Crippen LogP contribution is -2.24. The molecule has 360 valence electrons. The zero-order valence-corrected chi connectivity index (χ0v) is 40.2. The quantitative estimate of drug-likeness (QED) is 0.0670. The third-order valence-corrected chi connectivity index (χ3v) is 12.3. The second-order valence-electron chi connectivity index (χ2n) is 15.8. The number of carbonyl (C=O) groups excluding carboxylic acids is 1. The molecule has 2 heterocycles. The number of aliphatic hydroxyl groups excluding tert-OH is 1. The maximum Gasteiger partial charge on any atom is 0.333 e. The molecule has 0 bridgehead atoms. The van der Waals surface area contributed by atoms with Crippen LogP contribution in [0.4, 0.5) is 0 Å². The summed E-state index contributed by atoms with van der Waals surface area (Å²) in [4.78, 5) is 12.5. The predicted molar refractivity (Wildman–Crippen MR) is 248 cm³/mol. The van der Waals surface area contributed by atoms with Crippen LogP contribution in [-0.2, 0) is 31.8 Å². The number of hydrogen-bond donors (Lipinski definition) is 1. The summed E-state index contributed by atoms with van der Waals surface area (Å²) in [6.45, 7) is 4.82. The number of ether oxygens (including phenoxy) is 13. The number of hydrogen-bond acceptors (Lipinski definition) is 15. The number of rotatable bonds is 20. The highest BCUT2D eigenvalue weighted by Gasteiger charge is 2.41. The van der Waals surface area contributed by atoms with Crippen LogP contribution in [0.3, 0.4) is 0 Å². The molecule has 0 radical (unpaired) electrons. The standard InChI is InChI=1S/C28H36O8.C23H30O7/c1-8-17(2)28(29)36-16-21-20(11-18-9-10-22(30-3)23(12-18)31-4)15-35-26(21)19-13-24(32-5)27(34-7)25(14-19)33-6;1-25-18-7-6-14(9-19(18)26-2)8-16-13-30-22(17(16)12-24)15-10-20(27-3)23(29-5)21(11-15)28-4/h8-10,12-14,20-21,26H,11,15-16H2,1-7H3;6-7,9-11,16-17,22,24H,8,12-13H2,1-5H3/b17-8+;/t20-,21-,26+;16-,17-,22+/m00/s1. The van der Waals surface area contributed by atoms with Crippen molar-refractivity contribution < 1.29 is 71.5 Å². The van der Waals surface area contributed by atoms with Crippen LogP contribution in [0.15, 0.2) is 72.3 Å². The van der Waals surface area contributed by atoms with Crippen molar-refractivity contribution in [3.05, 3.63) is 94.6 Å². The van der Waals surface area contributed by atoms with Crippen molar-refractivity contribution in [2.24, 2.45) is 23.7 Å². The summed E-state index contributed by atoms with van der Waals surface area (Å²) in [5.41, 5.74) is 4.49. The van der Waals surface area contributed by atoms with Crippen molar-refractivity contribution in [1.82, 2.24) is 0 Å². The van der Waals surface area contributed by atoms with E-state index in [2.05, 4.69) is 0 Å². The lowest BCUT2D eigenvalue weighted by molar-refractivity contribution is -0.141. The molecule has 4 aromatic rings. The molecule has 2 aliphatic rings. The third-order valence-electron chi connectivity index (χ3n) is 12.3. The molecule has 66 heavy (non-hydrogen) atoms. The number of methoxy groups -OCH3 is 10. The van der Waals surface area contributed by atoms with Gasteiger partial charge in [-0.2, -0.15) is 0 Å². The van der Waals surface area contributed by atoms with E-state index in [1.54, 1.807) is 84.1 Å². The lowest BCUT2D eigenvalue weighted by Gasteiger charge is -2.24. The number of aliphatic hydroxyl groups is 1. The van der Waals surface area contributed by atoms with Gasteiger partial charge in [-0.25, -0.2) is 4.79 Å². The lowest BCUT2D eigenvalue weighted by atomic mass is 9.84. The molecule has 15 nitrogen and oxygen atoms in total. The molecule has 0 aromatic heterocycles. The zero-order chi connectivity index (χ0) is 47.9. The van der Waals surface area contributed by atoms with Crippen LogP contribution in [-0.4, -0.2) is 109 Å². The Morgan fingerprint density at radius 3 is 1.27 bits per heavy atom. The first kappa shape index (κ1) is 51.0. The van der Waals surface area contributed by atoms with E-state index in [4.69, 9.17) is 61.6 Å². The Hall–Kier alpha value is -6.03. The minimum Gasteiger partial charge on any atom is -0.493 e. The van der Waals surface area contributed by atoms with Crippen LogP contribution in [0.1, 0.15) is 48.3 Å². The summed E-state index contributed by atoms with van der Waals surface area (Å²) >= 11 is 0. The molecule has 2 aliphatic heterocycles. The van der Waals surface area contributed by atoms with Gasteiger partial charge in [0, 0.05) is 24.0 Å². The summed E-state index contributed by atoms with van der Waals surface area (Å²) in [6.07, 6.45) is 2.61. The molecule has 0 amide bonds. The number of benzene rings is 4. The van der Waals surface area contributed by atoms with Crippen molar-refractivity contribution >= 4 is 5.97 Å². The van der Waals surface area contributed by atoms with Gasteiger partial charge in [0.1, 0.15) is 0 Å². The van der Waals surface area contributed by atoms with Crippen molar-refractivity contribution in [1.29, 1.82) is 0 Å². The Morgan fingerprint density at radius 1 is 0.545 bits per heavy atom. The molecule has 0 aliphatic carbocycles. The maximum absolute atomic E-state index is 12.5. The second kappa shape index (κ2) is 24.5. The summed E-state index contributed by atoms with van der Waals surface area (Å²) in [5.74, 6) is 5.71. The van der Waals surface area contributed by atoms with Crippen molar-refractivity contribution in [3.8, 4) is 57.5 Å². The molecule has 15 heteroatoms. The Balaban J connectivity index is 0.000000251. The Bertz CT molecular complexity index is 2190. The molecular weight excluding hydrogens is 853 g/mol. The Morgan fingerprint density at radius 2 is 0.924 bits per heavy atom. The number of allylic oxidation sites excluding steroid dienone is 1. The van der Waals surface area contributed by atoms with Gasteiger partial charge in [-0.1, -0.05) is 18.2 Å². The molecular formula is C51H66O15. The van der Waals surface area contributed by atoms with Gasteiger partial charge in [-0.15, -0.1) is 0 Å². The first-order valence-electron chi connectivity index (χ1n) is 21.7. The minimum absolute atomic E-state index is 0.0132. The molecule has 6 atom stereocenters. The number of carbonyl (C=O) groups is 1. The average molecular weight is 919 g/mol. The van der Waals surface area contributed by atoms with E-state index in [1.807, 2.05) is 67.6 Å². The van der Waals surface area contributed by atoms with Gasteiger partial charge >= 0.3 is 5.97 Å². The van der Waals surface area contributed by atoms with Gasteiger partial charge in [0.25, 0.3) is 0 Å². The summed E-state index contributed by atoms with van der Waals surface area (Å²) < 4.78 is 72.7. The Labute approximate surface area is 388 Å². The summed E-state index contributed by atoms with van der Waals surface area (Å²) in [7, 11) is 15.9. The Kier molecular flexibility index (Phi) is 18.9. The first-order chi connectivity index (χ1) is 32.0. The van der Waals surface area contributed by atoms with E-state index >= 15 is 0 Å². The zero-order valence-electron chi connectivity index (χ0n) is 40.2. The van der Waals surface area contributed by atoms with E-state index in [-0.39, 0.29) is 55.1 Å². The van der Waals surface area contributed by atoms with E-state index in [0.717, 1.165) is 28.7 Å². The fourth-order valence-corrected chi connectivity index (χ4v) is 8.57. The predicted octanol–water partition coefficient (Wildman–Crippen LogP) is 8.05. The van der Waals surface area contributed by atoms with Gasteiger partial charge in [0.05, 0.1) is 103 Å². The molecule has 0 spiro atoms. The summed E-state index contributed by atoms with van der Waals surface area (Å²) in [6, 6.07) is 19.3. The van der Waals surface area contributed by atoms with Gasteiger partial charge in [0.2, 0.25) is 11.5 Å². The largest absolute Gasteiger partial charge is 0.493 e. The van der Waals surface area contributed by atoms with Gasteiger partial charge in [-0.3, -0.25) is 0 Å².